The second kappa shape index (κ2) is 9.72. The van der Waals surface area contributed by atoms with E-state index in [1.54, 1.807) is 25.3 Å². The van der Waals surface area contributed by atoms with Crippen molar-refractivity contribution in [2.24, 2.45) is 5.92 Å². The number of amides is 1. The lowest BCUT2D eigenvalue weighted by Crippen LogP contribution is -2.14. The van der Waals surface area contributed by atoms with E-state index in [9.17, 15) is 4.79 Å². The molecule has 3 heterocycles. The van der Waals surface area contributed by atoms with Crippen molar-refractivity contribution in [1.82, 2.24) is 34.5 Å². The van der Waals surface area contributed by atoms with Gasteiger partial charge in [-0.3, -0.25) is 9.78 Å². The van der Waals surface area contributed by atoms with Gasteiger partial charge < -0.3 is 14.5 Å². The highest BCUT2D eigenvalue weighted by Crippen LogP contribution is 2.16. The van der Waals surface area contributed by atoms with Gasteiger partial charge in [-0.1, -0.05) is 26.7 Å². The van der Waals surface area contributed by atoms with Gasteiger partial charge in [-0.15, -0.1) is 20.4 Å². The van der Waals surface area contributed by atoms with Gasteiger partial charge in [0, 0.05) is 13.5 Å². The minimum atomic E-state index is 0. The van der Waals surface area contributed by atoms with Crippen molar-refractivity contribution in [2.45, 2.75) is 52.6 Å². The Hall–Kier alpha value is -3.10. The molecule has 0 aliphatic carbocycles. The molecule has 0 spiro atoms. The van der Waals surface area contributed by atoms with Crippen LogP contribution < -0.4 is 5.32 Å². The summed E-state index contributed by atoms with van der Waals surface area (Å²) in [5, 5.41) is 18.3. The molecular weight excluding hydrogens is 356 g/mol. The molecule has 0 saturated carbocycles. The van der Waals surface area contributed by atoms with Crippen molar-refractivity contribution >= 4 is 11.6 Å². The number of carbonyl (C=O) groups excluding carboxylic acids is 1. The first-order valence-corrected chi connectivity index (χ1v) is 9.57. The summed E-state index contributed by atoms with van der Waals surface area (Å²) in [6, 6.07) is 3.78. The van der Waals surface area contributed by atoms with E-state index in [4.69, 9.17) is 0 Å². The number of rotatable bonds is 10. The molecular formula is C19H28N8O. The van der Waals surface area contributed by atoms with Gasteiger partial charge >= 0.3 is 0 Å². The molecule has 150 valence electrons. The molecule has 1 N–H and O–H groups in total. The van der Waals surface area contributed by atoms with Crippen molar-refractivity contribution in [1.29, 1.82) is 0 Å². The van der Waals surface area contributed by atoms with Crippen molar-refractivity contribution < 1.29 is 6.22 Å². The third kappa shape index (κ3) is 5.97. The minimum Gasteiger partial charge on any atom is -0.326 e. The number of hydrogen-bond donors (Lipinski definition) is 1. The van der Waals surface area contributed by atoms with Crippen LogP contribution in [0.25, 0.3) is 0 Å². The second-order valence-corrected chi connectivity index (χ2v) is 7.09. The number of nitrogens with one attached hydrogen (secondary N) is 1. The summed E-state index contributed by atoms with van der Waals surface area (Å²) in [4.78, 5) is 17.1. The predicted molar refractivity (Wildman–Crippen MR) is 107 cm³/mol. The van der Waals surface area contributed by atoms with E-state index in [2.05, 4.69) is 44.5 Å². The molecule has 1 atom stereocenters. The van der Waals surface area contributed by atoms with Crippen LogP contribution in [0, 0.1) is 5.92 Å². The lowest BCUT2D eigenvalue weighted by molar-refractivity contribution is -0.116. The lowest BCUT2D eigenvalue weighted by Gasteiger charge is -2.12. The summed E-state index contributed by atoms with van der Waals surface area (Å²) in [6.45, 7) is 5.42. The number of hydrogen-bond acceptors (Lipinski definition) is 6. The summed E-state index contributed by atoms with van der Waals surface area (Å²) in [7, 11) is 0. The van der Waals surface area contributed by atoms with Crippen molar-refractivity contribution in [2.75, 3.05) is 5.32 Å². The molecule has 0 aromatic carbocycles. The Morgan fingerprint density at radius 1 is 1.00 bits per heavy atom. The first kappa shape index (κ1) is 19.7. The van der Waals surface area contributed by atoms with Crippen LogP contribution in [-0.2, 0) is 17.9 Å². The van der Waals surface area contributed by atoms with E-state index in [1.165, 1.54) is 0 Å². The van der Waals surface area contributed by atoms with Crippen LogP contribution in [0.15, 0.2) is 37.4 Å². The molecule has 0 aliphatic heterocycles. The third-order valence-electron chi connectivity index (χ3n) is 4.48. The van der Waals surface area contributed by atoms with Gasteiger partial charge in [-0.05, 0) is 24.5 Å². The van der Waals surface area contributed by atoms with E-state index in [0.29, 0.717) is 25.4 Å². The molecule has 9 nitrogen and oxygen atoms in total. The van der Waals surface area contributed by atoms with Gasteiger partial charge in [0.15, 0.2) is 0 Å². The van der Waals surface area contributed by atoms with Crippen molar-refractivity contribution in [3.63, 3.8) is 0 Å². The monoisotopic (exact) mass is 384 g/mol. The zero-order valence-corrected chi connectivity index (χ0v) is 16.3. The fourth-order valence-electron chi connectivity index (χ4n) is 3.10. The molecule has 0 fully saturated rings. The summed E-state index contributed by atoms with van der Waals surface area (Å²) < 4.78 is 3.67. The van der Waals surface area contributed by atoms with Crippen LogP contribution in [0.5, 0.6) is 0 Å². The van der Waals surface area contributed by atoms with Crippen LogP contribution in [0.2, 0.25) is 0 Å². The topological polar surface area (TPSA) is 103 Å². The molecule has 0 bridgehead atoms. The first-order valence-electron chi connectivity index (χ1n) is 9.57. The average Bonchev–Trinajstić information content (AvgIpc) is 3.34. The maximum atomic E-state index is 12.4. The highest BCUT2D eigenvalue weighted by atomic mass is 16.1. The second-order valence-electron chi connectivity index (χ2n) is 7.09. The quantitative estimate of drug-likeness (QED) is 0.576. The summed E-state index contributed by atoms with van der Waals surface area (Å²) >= 11 is 0. The van der Waals surface area contributed by atoms with Crippen molar-refractivity contribution in [3.8, 4) is 0 Å². The van der Waals surface area contributed by atoms with E-state index in [-0.39, 0.29) is 7.33 Å². The maximum Gasteiger partial charge on any atom is 0.224 e. The third-order valence-corrected chi connectivity index (χ3v) is 4.48. The average molecular weight is 384 g/mol. The van der Waals surface area contributed by atoms with E-state index < -0.39 is 0 Å². The zero-order valence-electron chi connectivity index (χ0n) is 16.3. The van der Waals surface area contributed by atoms with Gasteiger partial charge in [-0.2, -0.15) is 0 Å². The summed E-state index contributed by atoms with van der Waals surface area (Å²) in [5.74, 6) is 0.585. The maximum absolute atomic E-state index is 12.4. The zero-order chi connectivity index (χ0) is 19.8. The predicted octanol–water partition coefficient (Wildman–Crippen LogP) is 2.76. The molecule has 9 heteroatoms. The van der Waals surface area contributed by atoms with Gasteiger partial charge in [0.25, 0.3) is 0 Å². The van der Waals surface area contributed by atoms with Crippen LogP contribution in [0.1, 0.15) is 52.3 Å². The molecule has 0 saturated heterocycles. The Kier molecular flexibility index (Phi) is 6.83. The number of anilines is 1. The van der Waals surface area contributed by atoms with Crippen molar-refractivity contribution in [3.05, 3.63) is 48.8 Å². The van der Waals surface area contributed by atoms with Gasteiger partial charge in [0.2, 0.25) is 5.91 Å². The highest BCUT2D eigenvalue weighted by Gasteiger charge is 2.10. The number of carbonyl (C=O) groups is 1. The SMILES string of the molecule is CCCC(C)CCC(=O)Nc1cc(Cn2cnnc2)nc(Cn2cnnc2)c1.[HH]. The summed E-state index contributed by atoms with van der Waals surface area (Å²) in [5.41, 5.74) is 2.38. The van der Waals surface area contributed by atoms with E-state index in [1.807, 2.05) is 21.3 Å². The summed E-state index contributed by atoms with van der Waals surface area (Å²) in [6.07, 6.45) is 10.3. The fourth-order valence-corrected chi connectivity index (χ4v) is 3.10. The minimum absolute atomic E-state index is 0. The van der Waals surface area contributed by atoms with Crippen LogP contribution >= 0.6 is 0 Å². The lowest BCUT2D eigenvalue weighted by atomic mass is 10.0. The number of aromatic nitrogens is 7. The largest absolute Gasteiger partial charge is 0.326 e. The molecule has 1 amide bonds. The van der Waals surface area contributed by atoms with E-state index >= 15 is 0 Å². The Morgan fingerprint density at radius 2 is 1.54 bits per heavy atom. The standard InChI is InChI=1S/C19H26N8O.H2/c1-3-4-15(2)5-6-19(28)25-16-7-17(9-26-11-20-21-12-26)24-18(8-16)10-27-13-22-23-14-27;/h7-8,11-15H,3-6,9-10H2,1-2H3,(H,24,25,28);1H. The molecule has 1 unspecified atom stereocenters. The van der Waals surface area contributed by atoms with E-state index in [0.717, 1.165) is 36.3 Å². The Balaban J connectivity index is 0.00000300. The molecule has 0 radical (unpaired) electrons. The Bertz CT molecular complexity index is 812. The molecule has 3 rings (SSSR count). The smallest absolute Gasteiger partial charge is 0.224 e. The Morgan fingerprint density at radius 3 is 2.04 bits per heavy atom. The molecule has 28 heavy (non-hydrogen) atoms. The van der Waals surface area contributed by atoms with Gasteiger partial charge in [-0.25, -0.2) is 0 Å². The van der Waals surface area contributed by atoms with Gasteiger partial charge in [0.1, 0.15) is 25.3 Å². The van der Waals surface area contributed by atoms with Gasteiger partial charge in [0.05, 0.1) is 24.5 Å². The highest BCUT2D eigenvalue weighted by molar-refractivity contribution is 5.90. The molecule has 3 aromatic rings. The number of nitrogens with zero attached hydrogens (tertiary/aromatic N) is 7. The Labute approximate surface area is 165 Å². The molecule has 0 aliphatic rings. The van der Waals surface area contributed by atoms with Crippen LogP contribution in [0.4, 0.5) is 5.69 Å². The first-order chi connectivity index (χ1) is 13.6. The number of pyridine rings is 1. The normalized spacial score (nSPS) is 12.1. The fraction of sp³-hybridized carbons (Fsp3) is 0.474. The molecule has 3 aromatic heterocycles. The van der Waals surface area contributed by atoms with Crippen LogP contribution in [0.3, 0.4) is 0 Å². The van der Waals surface area contributed by atoms with Crippen LogP contribution in [-0.4, -0.2) is 40.4 Å².